The second kappa shape index (κ2) is 4.67. The summed E-state index contributed by atoms with van der Waals surface area (Å²) < 4.78 is 12.8. The van der Waals surface area contributed by atoms with E-state index >= 15 is 0 Å². The lowest BCUT2D eigenvalue weighted by Gasteiger charge is -2.30. The molecule has 90 valence electrons. The highest BCUT2D eigenvalue weighted by molar-refractivity contribution is 5.86. The number of hydrogen-bond donors (Lipinski definition) is 1. The van der Waals surface area contributed by atoms with E-state index in [1.807, 2.05) is 7.05 Å². The first-order valence-corrected chi connectivity index (χ1v) is 5.47. The largest absolute Gasteiger partial charge is 0.478 e. The first kappa shape index (κ1) is 11.8. The van der Waals surface area contributed by atoms with Gasteiger partial charge < -0.3 is 5.11 Å². The van der Waals surface area contributed by atoms with Crippen LogP contribution in [0.1, 0.15) is 18.0 Å². The van der Waals surface area contributed by atoms with Gasteiger partial charge in [0.2, 0.25) is 0 Å². The molecule has 0 aromatic heterocycles. The van der Waals surface area contributed by atoms with Crippen molar-refractivity contribution in [3.8, 4) is 0 Å². The molecule has 1 heterocycles. The molecule has 1 atom stereocenters. The van der Waals surface area contributed by atoms with Gasteiger partial charge in [-0.1, -0.05) is 18.2 Å². The molecule has 1 aromatic rings. The summed E-state index contributed by atoms with van der Waals surface area (Å²) >= 11 is 0. The fourth-order valence-corrected chi connectivity index (χ4v) is 2.03. The minimum absolute atomic E-state index is 0.0875. The summed E-state index contributed by atoms with van der Waals surface area (Å²) in [4.78, 5) is 13.0. The number of carboxylic acids is 1. The molecule has 1 unspecified atom stereocenters. The van der Waals surface area contributed by atoms with Crippen LogP contribution in [0.5, 0.6) is 0 Å². The summed E-state index contributed by atoms with van der Waals surface area (Å²) in [5.41, 5.74) is 1.34. The van der Waals surface area contributed by atoms with E-state index in [0.717, 1.165) is 5.56 Å². The molecule has 1 N–H and O–H groups in total. The van der Waals surface area contributed by atoms with Gasteiger partial charge in [-0.05, 0) is 31.2 Å². The second-order valence-corrected chi connectivity index (χ2v) is 4.22. The van der Waals surface area contributed by atoms with Crippen molar-refractivity contribution in [2.24, 2.45) is 0 Å². The summed E-state index contributed by atoms with van der Waals surface area (Å²) in [7, 11) is 1.93. The number of carbonyl (C=O) groups is 1. The predicted octanol–water partition coefficient (Wildman–Crippen LogP) is 2.21. The van der Waals surface area contributed by atoms with Gasteiger partial charge in [0.25, 0.3) is 0 Å². The van der Waals surface area contributed by atoms with Crippen molar-refractivity contribution in [2.45, 2.75) is 12.5 Å². The molecule has 1 aliphatic rings. The molecule has 0 bridgehead atoms. The van der Waals surface area contributed by atoms with Crippen LogP contribution in [0.4, 0.5) is 4.39 Å². The lowest BCUT2D eigenvalue weighted by Crippen LogP contribution is -2.30. The van der Waals surface area contributed by atoms with E-state index in [-0.39, 0.29) is 11.9 Å². The molecule has 2 rings (SSSR count). The summed E-state index contributed by atoms with van der Waals surface area (Å²) in [5.74, 6) is -1.15. The van der Waals surface area contributed by atoms with Gasteiger partial charge in [-0.15, -0.1) is 0 Å². The topological polar surface area (TPSA) is 40.5 Å². The molecule has 0 spiro atoms. The molecule has 0 fully saturated rings. The van der Waals surface area contributed by atoms with Crippen LogP contribution < -0.4 is 0 Å². The SMILES string of the molecule is CN1CCC(C(=O)O)=CC1c1ccc(F)cc1. The number of hydrogen-bond acceptors (Lipinski definition) is 2. The fourth-order valence-electron chi connectivity index (χ4n) is 2.03. The lowest BCUT2D eigenvalue weighted by atomic mass is 9.97. The minimum Gasteiger partial charge on any atom is -0.478 e. The third-order valence-electron chi connectivity index (χ3n) is 3.05. The predicted molar refractivity (Wildman–Crippen MR) is 62.1 cm³/mol. The van der Waals surface area contributed by atoms with Gasteiger partial charge in [0.1, 0.15) is 5.82 Å². The van der Waals surface area contributed by atoms with Crippen molar-refractivity contribution in [1.29, 1.82) is 0 Å². The second-order valence-electron chi connectivity index (χ2n) is 4.22. The van der Waals surface area contributed by atoms with Crippen molar-refractivity contribution in [2.75, 3.05) is 13.6 Å². The monoisotopic (exact) mass is 235 g/mol. The maximum Gasteiger partial charge on any atom is 0.331 e. The molecule has 1 aliphatic heterocycles. The Hall–Kier alpha value is -1.68. The highest BCUT2D eigenvalue weighted by atomic mass is 19.1. The molecule has 4 heteroatoms. The van der Waals surface area contributed by atoms with Crippen LogP contribution in [0.15, 0.2) is 35.9 Å². The maximum atomic E-state index is 12.8. The molecule has 0 aliphatic carbocycles. The average molecular weight is 235 g/mol. The summed E-state index contributed by atoms with van der Waals surface area (Å²) in [6.45, 7) is 0.695. The van der Waals surface area contributed by atoms with Crippen LogP contribution in [0.3, 0.4) is 0 Å². The third kappa shape index (κ3) is 2.53. The smallest absolute Gasteiger partial charge is 0.331 e. The van der Waals surface area contributed by atoms with Crippen LogP contribution in [0.25, 0.3) is 0 Å². The first-order chi connectivity index (χ1) is 8.08. The Labute approximate surface area is 99.2 Å². The molecule has 3 nitrogen and oxygen atoms in total. The van der Waals surface area contributed by atoms with Crippen LogP contribution in [0.2, 0.25) is 0 Å². The number of benzene rings is 1. The molecule has 0 amide bonds. The van der Waals surface area contributed by atoms with Crippen LogP contribution in [0, 0.1) is 5.82 Å². The van der Waals surface area contributed by atoms with Gasteiger partial charge in [0.05, 0.1) is 6.04 Å². The summed E-state index contributed by atoms with van der Waals surface area (Å²) in [6, 6.07) is 6.09. The lowest BCUT2D eigenvalue weighted by molar-refractivity contribution is -0.133. The molecule has 0 radical (unpaired) electrons. The summed E-state index contributed by atoms with van der Waals surface area (Å²) in [6.07, 6.45) is 2.28. The number of carboxylic acid groups (broad SMARTS) is 1. The van der Waals surface area contributed by atoms with Crippen molar-refractivity contribution in [3.05, 3.63) is 47.3 Å². The number of aliphatic carboxylic acids is 1. The Morgan fingerprint density at radius 3 is 2.65 bits per heavy atom. The minimum atomic E-state index is -0.870. The van der Waals surface area contributed by atoms with Gasteiger partial charge >= 0.3 is 5.97 Å². The highest BCUT2D eigenvalue weighted by Gasteiger charge is 2.23. The van der Waals surface area contributed by atoms with E-state index in [0.29, 0.717) is 18.5 Å². The number of nitrogens with zero attached hydrogens (tertiary/aromatic N) is 1. The average Bonchev–Trinajstić information content (AvgIpc) is 2.31. The van der Waals surface area contributed by atoms with Gasteiger partial charge in [-0.3, -0.25) is 4.90 Å². The Morgan fingerprint density at radius 1 is 1.41 bits per heavy atom. The molecular weight excluding hydrogens is 221 g/mol. The maximum absolute atomic E-state index is 12.8. The molecule has 1 aromatic carbocycles. The molecular formula is C13H14FNO2. The zero-order valence-electron chi connectivity index (χ0n) is 9.56. The van der Waals surface area contributed by atoms with Crippen LogP contribution in [-0.4, -0.2) is 29.6 Å². The van der Waals surface area contributed by atoms with E-state index in [1.165, 1.54) is 12.1 Å². The summed E-state index contributed by atoms with van der Waals surface area (Å²) in [5, 5.41) is 8.99. The van der Waals surface area contributed by atoms with Crippen LogP contribution in [-0.2, 0) is 4.79 Å². The standard InChI is InChI=1S/C13H14FNO2/c1-15-7-6-10(13(16)17)8-12(15)9-2-4-11(14)5-3-9/h2-5,8,12H,6-7H2,1H3,(H,16,17). The van der Waals surface area contributed by atoms with Gasteiger partial charge in [-0.25, -0.2) is 9.18 Å². The Bertz CT molecular complexity index is 453. The van der Waals surface area contributed by atoms with E-state index in [4.69, 9.17) is 5.11 Å². The number of rotatable bonds is 2. The van der Waals surface area contributed by atoms with Gasteiger partial charge in [0, 0.05) is 12.1 Å². The Balaban J connectivity index is 2.32. The van der Waals surface area contributed by atoms with E-state index in [2.05, 4.69) is 4.90 Å². The Morgan fingerprint density at radius 2 is 2.06 bits per heavy atom. The number of halogens is 1. The normalized spacial score (nSPS) is 21.1. The van der Waals surface area contributed by atoms with Crippen molar-refractivity contribution >= 4 is 5.97 Å². The molecule has 17 heavy (non-hydrogen) atoms. The van der Waals surface area contributed by atoms with Crippen molar-refractivity contribution in [1.82, 2.24) is 4.90 Å². The molecule has 0 saturated heterocycles. The van der Waals surface area contributed by atoms with E-state index < -0.39 is 5.97 Å². The van der Waals surface area contributed by atoms with Gasteiger partial charge in [0.15, 0.2) is 0 Å². The van der Waals surface area contributed by atoms with E-state index in [1.54, 1.807) is 18.2 Å². The first-order valence-electron chi connectivity index (χ1n) is 5.47. The molecule has 0 saturated carbocycles. The van der Waals surface area contributed by atoms with Crippen molar-refractivity contribution < 1.29 is 14.3 Å². The van der Waals surface area contributed by atoms with Gasteiger partial charge in [-0.2, -0.15) is 0 Å². The number of likely N-dealkylation sites (N-methyl/N-ethyl adjacent to an activating group) is 1. The van der Waals surface area contributed by atoms with Crippen molar-refractivity contribution in [3.63, 3.8) is 0 Å². The van der Waals surface area contributed by atoms with E-state index in [9.17, 15) is 9.18 Å². The highest BCUT2D eigenvalue weighted by Crippen LogP contribution is 2.27. The fraction of sp³-hybridized carbons (Fsp3) is 0.308. The zero-order chi connectivity index (χ0) is 12.4. The van der Waals surface area contributed by atoms with Crippen LogP contribution >= 0.6 is 0 Å². The third-order valence-corrected chi connectivity index (χ3v) is 3.05. The zero-order valence-corrected chi connectivity index (χ0v) is 9.56. The Kier molecular flexibility index (Phi) is 3.24. The quantitative estimate of drug-likeness (QED) is 0.854.